The van der Waals surface area contributed by atoms with Gasteiger partial charge in [0.2, 0.25) is 0 Å². The summed E-state index contributed by atoms with van der Waals surface area (Å²) in [4.78, 5) is 0. The van der Waals surface area contributed by atoms with E-state index in [1.54, 1.807) is 0 Å². The van der Waals surface area contributed by atoms with E-state index in [4.69, 9.17) is 3.47 Å². The Morgan fingerprint density at radius 3 is 2.38 bits per heavy atom. The van der Waals surface area contributed by atoms with Crippen LogP contribution in [0.2, 0.25) is 0 Å². The van der Waals surface area contributed by atoms with Crippen LogP contribution >= 0.6 is 0 Å². The van der Waals surface area contributed by atoms with Gasteiger partial charge < -0.3 is 0 Å². The molecule has 0 amide bonds. The van der Waals surface area contributed by atoms with Crippen LogP contribution in [0.25, 0.3) is 0 Å². The molecular formula is C3H6O4Te. The maximum atomic E-state index is 9.78. The molecule has 0 aromatic rings. The fourth-order valence-corrected chi connectivity index (χ4v) is 0.900. The zero-order valence-corrected chi connectivity index (χ0v) is 6.40. The van der Waals surface area contributed by atoms with Gasteiger partial charge in [-0.1, -0.05) is 0 Å². The van der Waals surface area contributed by atoms with Gasteiger partial charge >= 0.3 is 51.0 Å². The van der Waals surface area contributed by atoms with Crippen LogP contribution in [0, 0.1) is 0 Å². The van der Waals surface area contributed by atoms with Gasteiger partial charge in [-0.15, -0.1) is 0 Å². The second kappa shape index (κ2) is 3.15. The third kappa shape index (κ3) is 6.05. The summed E-state index contributed by atoms with van der Waals surface area (Å²) in [6.45, 7) is 3.03. The van der Waals surface area contributed by atoms with E-state index in [1.165, 1.54) is 6.08 Å². The van der Waals surface area contributed by atoms with Crippen molar-refractivity contribution < 1.29 is 12.8 Å². The zero-order valence-electron chi connectivity index (χ0n) is 4.07. The van der Waals surface area contributed by atoms with Crippen LogP contribution in [0.3, 0.4) is 0 Å². The topological polar surface area (TPSA) is 63.6 Å². The molecule has 48 valence electrons. The van der Waals surface area contributed by atoms with Crippen LogP contribution in [0.15, 0.2) is 12.7 Å². The Hall–Kier alpha value is 0.0496. The van der Waals surface area contributed by atoms with Crippen LogP contribution in [0.1, 0.15) is 0 Å². The quantitative estimate of drug-likeness (QED) is 0.526. The molecule has 8 heavy (non-hydrogen) atoms. The molecule has 1 N–H and O–H groups in total. The van der Waals surface area contributed by atoms with Crippen molar-refractivity contribution in [2.45, 2.75) is 0 Å². The first kappa shape index (κ1) is 8.05. The Morgan fingerprint density at radius 1 is 1.75 bits per heavy atom. The molecule has 0 aliphatic heterocycles. The van der Waals surface area contributed by atoms with E-state index in [2.05, 4.69) is 9.68 Å². The summed E-state index contributed by atoms with van der Waals surface area (Å²) >= 11 is -5.20. The Labute approximate surface area is 51.4 Å². The van der Waals surface area contributed by atoms with E-state index >= 15 is 0 Å². The van der Waals surface area contributed by atoms with E-state index in [1.807, 2.05) is 0 Å². The molecule has 4 nitrogen and oxygen atoms in total. The van der Waals surface area contributed by atoms with E-state index in [9.17, 15) is 6.21 Å². The molecule has 0 bridgehead atoms. The van der Waals surface area contributed by atoms with Gasteiger partial charge in [-0.25, -0.2) is 0 Å². The molecule has 0 atom stereocenters. The third-order valence-corrected chi connectivity index (χ3v) is 1.57. The van der Waals surface area contributed by atoms with Gasteiger partial charge in [0, 0.05) is 0 Å². The van der Waals surface area contributed by atoms with Crippen molar-refractivity contribution in [3.63, 3.8) is 0 Å². The van der Waals surface area contributed by atoms with Gasteiger partial charge in [-0.05, 0) is 0 Å². The van der Waals surface area contributed by atoms with Crippen molar-refractivity contribution in [1.82, 2.24) is 0 Å². The summed E-state index contributed by atoms with van der Waals surface area (Å²) in [5.74, 6) is 0. The molecule has 5 heteroatoms. The molecule has 0 heterocycles. The average molecular weight is 234 g/mol. The molecule has 0 aromatic heterocycles. The van der Waals surface area contributed by atoms with Crippen molar-refractivity contribution in [2.24, 2.45) is 0 Å². The summed E-state index contributed by atoms with van der Waals surface area (Å²) in [6.07, 6.45) is 1.24. The number of hydrogen-bond acceptors (Lipinski definition) is 3. The van der Waals surface area contributed by atoms with E-state index < -0.39 is 19.0 Å². The summed E-state index contributed by atoms with van der Waals surface area (Å²) in [5.41, 5.74) is 0. The third-order valence-electron chi connectivity index (χ3n) is 0.335. The molecule has 0 aliphatic carbocycles. The number of hydrogen-bond donors (Lipinski definition) is 1. The summed E-state index contributed by atoms with van der Waals surface area (Å²) < 4.78 is 31.4. The van der Waals surface area contributed by atoms with Gasteiger partial charge in [0.05, 0.1) is 0 Å². The van der Waals surface area contributed by atoms with Crippen LogP contribution in [0.5, 0.6) is 0 Å². The minimum absolute atomic E-state index is 0.148. The predicted molar refractivity (Wildman–Crippen MR) is 25.5 cm³/mol. The van der Waals surface area contributed by atoms with Gasteiger partial charge in [-0.3, -0.25) is 0 Å². The fraction of sp³-hybridized carbons (Fsp3) is 0.333. The van der Waals surface area contributed by atoms with Crippen LogP contribution < -0.4 is 0 Å². The fourth-order valence-electron chi connectivity index (χ4n) is 0.134. The van der Waals surface area contributed by atoms with Crippen LogP contribution in [-0.4, -0.2) is 29.0 Å². The standard InChI is InChI=1S/C3H6O4Te/c1-2-3-7-8(4,5)6/h2H,1,3H2,(H,4,5,6). The Bertz CT molecular complexity index is 156. The summed E-state index contributed by atoms with van der Waals surface area (Å²) in [5, 5.41) is 0. The second-order valence-corrected chi connectivity index (χ2v) is 4.12. The van der Waals surface area contributed by atoms with Crippen molar-refractivity contribution in [1.29, 1.82) is 0 Å². The van der Waals surface area contributed by atoms with Gasteiger partial charge in [0.15, 0.2) is 0 Å². The number of rotatable bonds is 3. The molecule has 0 rings (SSSR count). The van der Waals surface area contributed by atoms with Crippen LogP contribution in [-0.2, 0) is 9.31 Å². The molecule has 0 spiro atoms. The van der Waals surface area contributed by atoms with Crippen molar-refractivity contribution in [3.8, 4) is 0 Å². The first-order valence-corrected chi connectivity index (χ1v) is 5.68. The Balaban J connectivity index is 3.57. The predicted octanol–water partition coefficient (Wildman–Crippen LogP) is -0.522. The van der Waals surface area contributed by atoms with Crippen molar-refractivity contribution in [2.75, 3.05) is 6.61 Å². The monoisotopic (exact) mass is 236 g/mol. The van der Waals surface area contributed by atoms with E-state index in [0.29, 0.717) is 0 Å². The van der Waals surface area contributed by atoms with Gasteiger partial charge in [0.25, 0.3) is 0 Å². The molecule has 0 aliphatic rings. The molecule has 0 radical (unpaired) electrons. The molecule has 0 fully saturated rings. The molecule has 0 saturated carbocycles. The summed E-state index contributed by atoms with van der Waals surface area (Å²) in [7, 11) is 0. The SMILES string of the molecule is C=CCO[Te](=O)(=O)O. The van der Waals surface area contributed by atoms with Crippen molar-refractivity contribution in [3.05, 3.63) is 12.7 Å². The minimum atomic E-state index is -5.20. The van der Waals surface area contributed by atoms with Gasteiger partial charge in [0.1, 0.15) is 0 Å². The van der Waals surface area contributed by atoms with Gasteiger partial charge in [-0.2, -0.15) is 0 Å². The van der Waals surface area contributed by atoms with E-state index in [-0.39, 0.29) is 6.61 Å². The molecule has 0 saturated heterocycles. The molecular weight excluding hydrogens is 228 g/mol. The van der Waals surface area contributed by atoms with Crippen LogP contribution in [0.4, 0.5) is 0 Å². The maximum absolute atomic E-state index is 9.78. The van der Waals surface area contributed by atoms with E-state index in [0.717, 1.165) is 0 Å². The zero-order chi connectivity index (χ0) is 6.62. The second-order valence-electron chi connectivity index (χ2n) is 1.00. The molecule has 0 unspecified atom stereocenters. The van der Waals surface area contributed by atoms with Crippen molar-refractivity contribution >= 4 is 19.0 Å². The first-order chi connectivity index (χ1) is 3.56. The normalized spacial score (nSPS) is 11.1. The Morgan fingerprint density at radius 2 is 2.25 bits per heavy atom. The molecule has 0 aromatic carbocycles. The summed E-state index contributed by atoms with van der Waals surface area (Å²) in [6, 6.07) is 0. The Kier molecular flexibility index (Phi) is 3.17. The average Bonchev–Trinajstić information content (AvgIpc) is 1.59. The first-order valence-electron chi connectivity index (χ1n) is 1.79.